The highest BCUT2D eigenvalue weighted by Crippen LogP contribution is 2.25. The van der Waals surface area contributed by atoms with Crippen LogP contribution in [0, 0.1) is 17.4 Å². The number of nitrogens with one attached hydrogen (secondary N) is 1. The molecule has 3 rings (SSSR count). The van der Waals surface area contributed by atoms with Gasteiger partial charge in [0.25, 0.3) is 0 Å². The van der Waals surface area contributed by atoms with Crippen molar-refractivity contribution in [1.29, 1.82) is 0 Å². The lowest BCUT2D eigenvalue weighted by molar-refractivity contribution is 0.0976. The Morgan fingerprint density at radius 1 is 0.846 bits per heavy atom. The van der Waals surface area contributed by atoms with Crippen molar-refractivity contribution >= 4 is 34.1 Å². The summed E-state index contributed by atoms with van der Waals surface area (Å²) in [6.45, 7) is 4.10. The number of ketones is 1. The first-order valence-electron chi connectivity index (χ1n) is 8.70. The van der Waals surface area contributed by atoms with Crippen LogP contribution >= 0.6 is 22.6 Å². The standard InChI is InChI=1S/C23H22INO/c1-16-3-7-18(8-4-16)22(25-21-13-11-20(24)12-14-21)15-23(26)19-9-5-17(2)6-10-19/h3-14,22,25H,15H2,1-2H3. The van der Waals surface area contributed by atoms with Gasteiger partial charge in [-0.2, -0.15) is 0 Å². The molecule has 1 N–H and O–H groups in total. The molecule has 0 fully saturated rings. The molecule has 0 aliphatic carbocycles. The minimum atomic E-state index is -0.0653. The third kappa shape index (κ3) is 4.94. The van der Waals surface area contributed by atoms with Crippen LogP contribution in [0.4, 0.5) is 5.69 Å². The Morgan fingerprint density at radius 3 is 1.96 bits per heavy atom. The lowest BCUT2D eigenvalue weighted by Crippen LogP contribution is -2.16. The minimum absolute atomic E-state index is 0.0653. The zero-order valence-electron chi connectivity index (χ0n) is 15.0. The van der Waals surface area contributed by atoms with Crippen molar-refractivity contribution in [2.75, 3.05) is 5.32 Å². The van der Waals surface area contributed by atoms with E-state index in [2.05, 4.69) is 83.4 Å². The Balaban J connectivity index is 1.84. The molecule has 0 heterocycles. The van der Waals surface area contributed by atoms with Gasteiger partial charge in [-0.05, 0) is 66.3 Å². The van der Waals surface area contributed by atoms with Crippen molar-refractivity contribution < 1.29 is 4.79 Å². The largest absolute Gasteiger partial charge is 0.378 e. The van der Waals surface area contributed by atoms with Crippen LogP contribution in [0.1, 0.15) is 39.5 Å². The van der Waals surface area contributed by atoms with Gasteiger partial charge in [-0.15, -0.1) is 0 Å². The highest BCUT2D eigenvalue weighted by atomic mass is 127. The van der Waals surface area contributed by atoms with E-state index in [1.807, 2.05) is 31.2 Å². The van der Waals surface area contributed by atoms with Gasteiger partial charge >= 0.3 is 0 Å². The van der Waals surface area contributed by atoms with Crippen molar-refractivity contribution in [3.8, 4) is 0 Å². The molecule has 2 nitrogen and oxygen atoms in total. The third-order valence-electron chi connectivity index (χ3n) is 4.43. The first-order valence-corrected chi connectivity index (χ1v) is 9.78. The molecule has 3 aromatic carbocycles. The molecule has 0 aliphatic heterocycles. The van der Waals surface area contributed by atoms with Gasteiger partial charge in [0.05, 0.1) is 6.04 Å². The molecule has 0 radical (unpaired) electrons. The minimum Gasteiger partial charge on any atom is -0.378 e. The predicted octanol–water partition coefficient (Wildman–Crippen LogP) is 6.33. The molecule has 26 heavy (non-hydrogen) atoms. The smallest absolute Gasteiger partial charge is 0.165 e. The summed E-state index contributed by atoms with van der Waals surface area (Å²) in [5, 5.41) is 3.53. The molecule has 0 bridgehead atoms. The van der Waals surface area contributed by atoms with Gasteiger partial charge in [0.1, 0.15) is 0 Å². The maximum atomic E-state index is 12.8. The number of rotatable bonds is 6. The fourth-order valence-electron chi connectivity index (χ4n) is 2.84. The molecule has 1 atom stereocenters. The topological polar surface area (TPSA) is 29.1 Å². The van der Waals surface area contributed by atoms with Gasteiger partial charge in [0.2, 0.25) is 0 Å². The van der Waals surface area contributed by atoms with Crippen molar-refractivity contribution in [2.45, 2.75) is 26.3 Å². The van der Waals surface area contributed by atoms with Gasteiger partial charge in [0, 0.05) is 21.2 Å². The molecule has 0 saturated heterocycles. The van der Waals surface area contributed by atoms with E-state index in [-0.39, 0.29) is 11.8 Å². The fourth-order valence-corrected chi connectivity index (χ4v) is 3.20. The third-order valence-corrected chi connectivity index (χ3v) is 5.15. The Morgan fingerprint density at radius 2 is 1.38 bits per heavy atom. The normalized spacial score (nSPS) is 11.8. The lowest BCUT2D eigenvalue weighted by Gasteiger charge is -2.20. The molecule has 0 aromatic heterocycles. The van der Waals surface area contributed by atoms with E-state index in [1.165, 1.54) is 9.13 Å². The molecule has 0 saturated carbocycles. The molecular formula is C23H22INO. The highest BCUT2D eigenvalue weighted by Gasteiger charge is 2.17. The summed E-state index contributed by atoms with van der Waals surface area (Å²) < 4.78 is 1.19. The molecule has 0 amide bonds. The van der Waals surface area contributed by atoms with Crippen molar-refractivity contribution in [3.63, 3.8) is 0 Å². The van der Waals surface area contributed by atoms with Gasteiger partial charge < -0.3 is 5.32 Å². The average Bonchev–Trinajstić information content (AvgIpc) is 2.64. The molecule has 3 aromatic rings. The summed E-state index contributed by atoms with van der Waals surface area (Å²) in [4.78, 5) is 12.8. The summed E-state index contributed by atoms with van der Waals surface area (Å²) in [5.74, 6) is 0.147. The highest BCUT2D eigenvalue weighted by molar-refractivity contribution is 14.1. The van der Waals surface area contributed by atoms with Gasteiger partial charge in [-0.25, -0.2) is 0 Å². The summed E-state index contributed by atoms with van der Waals surface area (Å²) in [7, 11) is 0. The van der Waals surface area contributed by atoms with Crippen molar-refractivity contribution in [2.24, 2.45) is 0 Å². The number of halogens is 1. The average molecular weight is 455 g/mol. The Hall–Kier alpha value is -2.14. The van der Waals surface area contributed by atoms with Crippen LogP contribution in [0.2, 0.25) is 0 Å². The van der Waals surface area contributed by atoms with Gasteiger partial charge in [0.15, 0.2) is 5.78 Å². The Labute approximate surface area is 168 Å². The summed E-state index contributed by atoms with van der Waals surface area (Å²) in [6, 6.07) is 24.4. The van der Waals surface area contributed by atoms with Gasteiger partial charge in [-0.3, -0.25) is 4.79 Å². The second kappa shape index (κ2) is 8.49. The van der Waals surface area contributed by atoms with Crippen LogP contribution in [-0.4, -0.2) is 5.78 Å². The van der Waals surface area contributed by atoms with Crippen molar-refractivity contribution in [1.82, 2.24) is 0 Å². The van der Waals surface area contributed by atoms with E-state index in [4.69, 9.17) is 0 Å². The number of hydrogen-bond donors (Lipinski definition) is 1. The summed E-state index contributed by atoms with van der Waals surface area (Å²) in [6.07, 6.45) is 0.415. The van der Waals surface area contributed by atoms with Crippen LogP contribution in [0.5, 0.6) is 0 Å². The fraction of sp³-hybridized carbons (Fsp3) is 0.174. The molecule has 1 unspecified atom stereocenters. The number of aryl methyl sites for hydroxylation is 2. The number of carbonyl (C=O) groups is 1. The second-order valence-corrected chi connectivity index (χ2v) is 7.85. The van der Waals surface area contributed by atoms with E-state index in [9.17, 15) is 4.79 Å². The van der Waals surface area contributed by atoms with E-state index in [0.29, 0.717) is 6.42 Å². The monoisotopic (exact) mass is 455 g/mol. The number of anilines is 1. The molecule has 0 aliphatic rings. The van der Waals surface area contributed by atoms with E-state index in [0.717, 1.165) is 22.4 Å². The summed E-state index contributed by atoms with van der Waals surface area (Å²) in [5.41, 5.74) is 5.28. The Bertz CT molecular complexity index is 868. The first-order chi connectivity index (χ1) is 12.5. The van der Waals surface area contributed by atoms with Crippen LogP contribution in [0.15, 0.2) is 72.8 Å². The van der Waals surface area contributed by atoms with Gasteiger partial charge in [-0.1, -0.05) is 59.7 Å². The van der Waals surface area contributed by atoms with E-state index < -0.39 is 0 Å². The maximum Gasteiger partial charge on any atom is 0.165 e. The summed E-state index contributed by atoms with van der Waals surface area (Å²) >= 11 is 2.29. The van der Waals surface area contributed by atoms with E-state index in [1.54, 1.807) is 0 Å². The molecular weight excluding hydrogens is 433 g/mol. The zero-order chi connectivity index (χ0) is 18.5. The molecule has 0 spiro atoms. The van der Waals surface area contributed by atoms with Crippen LogP contribution in [-0.2, 0) is 0 Å². The quantitative estimate of drug-likeness (QED) is 0.348. The predicted molar refractivity (Wildman–Crippen MR) is 117 cm³/mol. The number of Topliss-reactive ketones (excluding diaryl/α,β-unsaturated/α-hetero) is 1. The number of hydrogen-bond acceptors (Lipinski definition) is 2. The maximum absolute atomic E-state index is 12.8. The lowest BCUT2D eigenvalue weighted by atomic mass is 9.96. The van der Waals surface area contributed by atoms with E-state index >= 15 is 0 Å². The van der Waals surface area contributed by atoms with Crippen LogP contribution in [0.25, 0.3) is 0 Å². The SMILES string of the molecule is Cc1ccc(C(=O)CC(Nc2ccc(I)cc2)c2ccc(C)cc2)cc1. The van der Waals surface area contributed by atoms with Crippen LogP contribution in [0.3, 0.4) is 0 Å². The second-order valence-electron chi connectivity index (χ2n) is 6.61. The molecule has 132 valence electrons. The Kier molecular flexibility index (Phi) is 6.09. The molecule has 3 heteroatoms. The number of carbonyl (C=O) groups excluding carboxylic acids is 1. The number of benzene rings is 3. The van der Waals surface area contributed by atoms with Crippen molar-refractivity contribution in [3.05, 3.63) is 98.6 Å². The first kappa shape index (κ1) is 18.6. The zero-order valence-corrected chi connectivity index (χ0v) is 17.2. The van der Waals surface area contributed by atoms with Crippen LogP contribution < -0.4 is 5.32 Å².